The van der Waals surface area contributed by atoms with Crippen LogP contribution in [0.15, 0.2) is 77.7 Å². The van der Waals surface area contributed by atoms with E-state index < -0.39 is 28.5 Å². The third kappa shape index (κ3) is 6.63. The Labute approximate surface area is 228 Å². The Kier molecular flexibility index (Phi) is 9.59. The van der Waals surface area contributed by atoms with Crippen LogP contribution in [0.3, 0.4) is 0 Å². The first-order valence-electron chi connectivity index (χ1n) is 11.7. The highest BCUT2D eigenvalue weighted by molar-refractivity contribution is 7.92. The Hall–Kier alpha value is -3.07. The average Bonchev–Trinajstić information content (AvgIpc) is 2.89. The van der Waals surface area contributed by atoms with Gasteiger partial charge in [-0.15, -0.1) is 0 Å². The molecule has 0 aromatic heterocycles. The largest absolute Gasteiger partial charge is 0.357 e. The fourth-order valence-corrected chi connectivity index (χ4v) is 5.96. The summed E-state index contributed by atoms with van der Waals surface area (Å²) in [6, 6.07) is 18.9. The van der Waals surface area contributed by atoms with Crippen molar-refractivity contribution in [3.8, 4) is 0 Å². The Morgan fingerprint density at radius 2 is 1.62 bits per heavy atom. The van der Waals surface area contributed by atoms with E-state index in [1.165, 1.54) is 24.1 Å². The predicted molar refractivity (Wildman–Crippen MR) is 147 cm³/mol. The van der Waals surface area contributed by atoms with Crippen LogP contribution in [0.1, 0.15) is 24.5 Å². The summed E-state index contributed by atoms with van der Waals surface area (Å²) in [5.41, 5.74) is 1.63. The number of nitrogens with one attached hydrogen (secondary N) is 1. The quantitative estimate of drug-likeness (QED) is 0.375. The van der Waals surface area contributed by atoms with Gasteiger partial charge in [-0.1, -0.05) is 72.6 Å². The first-order chi connectivity index (χ1) is 17.6. The summed E-state index contributed by atoms with van der Waals surface area (Å²) in [7, 11) is -2.62. The van der Waals surface area contributed by atoms with E-state index in [4.69, 9.17) is 23.2 Å². The molecule has 0 unspecified atom stereocenters. The number of amides is 2. The van der Waals surface area contributed by atoms with Crippen molar-refractivity contribution in [3.63, 3.8) is 0 Å². The van der Waals surface area contributed by atoms with Gasteiger partial charge in [-0.25, -0.2) is 8.42 Å². The van der Waals surface area contributed by atoms with Gasteiger partial charge in [0.05, 0.1) is 10.6 Å². The zero-order valence-corrected chi connectivity index (χ0v) is 23.1. The SMILES string of the molecule is CC[C@H](C(=O)NC)N(Cc1ccc(Cl)cc1Cl)C(=O)CN(c1ccccc1C)S(=O)(=O)c1ccccc1. The molecule has 7 nitrogen and oxygen atoms in total. The second-order valence-corrected chi connectivity index (χ2v) is 11.1. The van der Waals surface area contributed by atoms with Crippen molar-refractivity contribution in [3.05, 3.63) is 94.0 Å². The molecule has 1 atom stereocenters. The van der Waals surface area contributed by atoms with Crippen LogP contribution in [-0.2, 0) is 26.2 Å². The predicted octanol–water partition coefficient (Wildman–Crippen LogP) is 5.05. The second kappa shape index (κ2) is 12.4. The minimum Gasteiger partial charge on any atom is -0.357 e. The molecule has 0 bridgehead atoms. The van der Waals surface area contributed by atoms with Crippen molar-refractivity contribution in [2.45, 2.75) is 37.8 Å². The van der Waals surface area contributed by atoms with Gasteiger partial charge in [0.25, 0.3) is 10.0 Å². The van der Waals surface area contributed by atoms with Crippen LogP contribution >= 0.6 is 23.2 Å². The smallest absolute Gasteiger partial charge is 0.264 e. The summed E-state index contributed by atoms with van der Waals surface area (Å²) < 4.78 is 28.6. The Morgan fingerprint density at radius 1 is 0.973 bits per heavy atom. The monoisotopic (exact) mass is 561 g/mol. The molecule has 196 valence electrons. The zero-order chi connectivity index (χ0) is 27.2. The van der Waals surface area contributed by atoms with Crippen LogP contribution in [0.4, 0.5) is 5.69 Å². The van der Waals surface area contributed by atoms with E-state index in [1.54, 1.807) is 74.5 Å². The Morgan fingerprint density at radius 3 is 2.22 bits per heavy atom. The fourth-order valence-electron chi connectivity index (χ4n) is 4.00. The summed E-state index contributed by atoms with van der Waals surface area (Å²) in [4.78, 5) is 28.1. The van der Waals surface area contributed by atoms with E-state index in [2.05, 4.69) is 5.32 Å². The minimum absolute atomic E-state index is 0.00619. The highest BCUT2D eigenvalue weighted by Gasteiger charge is 2.34. The molecule has 3 rings (SSSR count). The van der Waals surface area contributed by atoms with Crippen molar-refractivity contribution < 1.29 is 18.0 Å². The van der Waals surface area contributed by atoms with Crippen molar-refractivity contribution >= 4 is 50.7 Å². The summed E-state index contributed by atoms with van der Waals surface area (Å²) in [5.74, 6) is -0.918. The number of hydrogen-bond donors (Lipinski definition) is 1. The maximum Gasteiger partial charge on any atom is 0.264 e. The van der Waals surface area contributed by atoms with Crippen LogP contribution in [-0.4, -0.2) is 44.8 Å². The molecule has 0 fully saturated rings. The van der Waals surface area contributed by atoms with Crippen LogP contribution in [0.2, 0.25) is 10.0 Å². The van der Waals surface area contributed by atoms with E-state index in [-0.39, 0.29) is 17.3 Å². The third-order valence-electron chi connectivity index (χ3n) is 5.98. The molecule has 3 aromatic carbocycles. The number of halogens is 2. The Balaban J connectivity index is 2.08. The Bertz CT molecular complexity index is 1370. The molecule has 0 saturated heterocycles. The first-order valence-corrected chi connectivity index (χ1v) is 13.9. The van der Waals surface area contributed by atoms with Gasteiger partial charge >= 0.3 is 0 Å². The van der Waals surface area contributed by atoms with Gasteiger partial charge in [-0.05, 0) is 54.8 Å². The van der Waals surface area contributed by atoms with Crippen molar-refractivity contribution in [2.75, 3.05) is 17.9 Å². The second-order valence-electron chi connectivity index (χ2n) is 8.41. The molecule has 10 heteroatoms. The average molecular weight is 563 g/mol. The summed E-state index contributed by atoms with van der Waals surface area (Å²) in [5, 5.41) is 3.36. The van der Waals surface area contributed by atoms with Crippen LogP contribution in [0, 0.1) is 6.92 Å². The van der Waals surface area contributed by atoms with Gasteiger partial charge in [-0.3, -0.25) is 13.9 Å². The molecule has 1 N–H and O–H groups in total. The summed E-state index contributed by atoms with van der Waals surface area (Å²) in [6.07, 6.45) is 0.312. The molecule has 0 heterocycles. The molecule has 0 aliphatic rings. The third-order valence-corrected chi connectivity index (χ3v) is 8.34. The highest BCUT2D eigenvalue weighted by Crippen LogP contribution is 2.28. The molecule has 37 heavy (non-hydrogen) atoms. The molecule has 0 aliphatic carbocycles. The molecular weight excluding hydrogens is 533 g/mol. The van der Waals surface area contributed by atoms with E-state index in [0.29, 0.717) is 33.3 Å². The molecule has 0 radical (unpaired) electrons. The lowest BCUT2D eigenvalue weighted by atomic mass is 10.1. The van der Waals surface area contributed by atoms with E-state index in [0.717, 1.165) is 4.31 Å². The number of nitrogens with zero attached hydrogens (tertiary/aromatic N) is 2. The number of benzene rings is 3. The lowest BCUT2D eigenvalue weighted by molar-refractivity contribution is -0.140. The molecule has 0 spiro atoms. The van der Waals surface area contributed by atoms with Crippen molar-refractivity contribution in [2.24, 2.45) is 0 Å². The van der Waals surface area contributed by atoms with Gasteiger partial charge in [0.15, 0.2) is 0 Å². The lowest BCUT2D eigenvalue weighted by Gasteiger charge is -2.33. The normalized spacial score (nSPS) is 12.0. The van der Waals surface area contributed by atoms with Crippen molar-refractivity contribution in [1.82, 2.24) is 10.2 Å². The standard InChI is InChI=1S/C27H29Cl2N3O4S/c1-4-24(27(34)30-3)31(17-20-14-15-21(28)16-23(20)29)26(33)18-32(25-13-9-8-10-19(25)2)37(35,36)22-11-6-5-7-12-22/h5-16,24H,4,17-18H2,1-3H3,(H,30,34)/t24-/m1/s1. The van der Waals surface area contributed by atoms with Gasteiger partial charge in [0.2, 0.25) is 11.8 Å². The molecule has 3 aromatic rings. The fraction of sp³-hybridized carbons (Fsp3) is 0.259. The minimum atomic E-state index is -4.11. The van der Waals surface area contributed by atoms with E-state index in [9.17, 15) is 18.0 Å². The number of hydrogen-bond acceptors (Lipinski definition) is 4. The number of rotatable bonds is 10. The number of aryl methyl sites for hydroxylation is 1. The molecule has 2 amide bonds. The van der Waals surface area contributed by atoms with Gasteiger partial charge < -0.3 is 10.2 Å². The molecule has 0 aliphatic heterocycles. The van der Waals surface area contributed by atoms with Crippen LogP contribution in [0.25, 0.3) is 0 Å². The van der Waals surface area contributed by atoms with Gasteiger partial charge in [-0.2, -0.15) is 0 Å². The number of anilines is 1. The maximum absolute atomic E-state index is 13.9. The zero-order valence-electron chi connectivity index (χ0n) is 20.8. The van der Waals surface area contributed by atoms with Gasteiger partial charge in [0.1, 0.15) is 12.6 Å². The molecular formula is C27H29Cl2N3O4S. The van der Waals surface area contributed by atoms with Crippen molar-refractivity contribution in [1.29, 1.82) is 0 Å². The summed E-state index contributed by atoms with van der Waals surface area (Å²) >= 11 is 12.4. The lowest BCUT2D eigenvalue weighted by Crippen LogP contribution is -2.51. The maximum atomic E-state index is 13.9. The first kappa shape index (κ1) is 28.5. The van der Waals surface area contributed by atoms with Crippen LogP contribution in [0.5, 0.6) is 0 Å². The number of carbonyl (C=O) groups is 2. The van der Waals surface area contributed by atoms with Gasteiger partial charge in [0, 0.05) is 23.6 Å². The molecule has 0 saturated carbocycles. The van der Waals surface area contributed by atoms with E-state index in [1.807, 2.05) is 0 Å². The number of sulfonamides is 1. The van der Waals surface area contributed by atoms with Crippen LogP contribution < -0.4 is 9.62 Å². The summed E-state index contributed by atoms with van der Waals surface area (Å²) in [6.45, 7) is 3.04. The van der Waals surface area contributed by atoms with E-state index >= 15 is 0 Å². The number of carbonyl (C=O) groups excluding carboxylic acids is 2. The topological polar surface area (TPSA) is 86.8 Å². The number of para-hydroxylation sites is 1. The highest BCUT2D eigenvalue weighted by atomic mass is 35.5. The number of likely N-dealkylation sites (N-methyl/N-ethyl adjacent to an activating group) is 1.